The van der Waals surface area contributed by atoms with E-state index in [1.54, 1.807) is 0 Å². The molecule has 4 rings (SSSR count). The number of halogens is 1. The number of hydrogen-bond donors (Lipinski definition) is 0. The van der Waals surface area contributed by atoms with E-state index in [2.05, 4.69) is 21.9 Å². The predicted octanol–water partition coefficient (Wildman–Crippen LogP) is 3.66. The Kier molecular flexibility index (Phi) is 5.27. The Morgan fingerprint density at radius 1 is 1.00 bits per heavy atom. The summed E-state index contributed by atoms with van der Waals surface area (Å²) < 4.78 is 5.49. The fraction of sp³-hybridized carbons (Fsp3) is 0.500. The first-order valence-electron chi connectivity index (χ1n) is 9.38. The average molecular weight is 373 g/mol. The Hall–Kier alpha value is -1.85. The largest absolute Gasteiger partial charge is 0.381 e. The van der Waals surface area contributed by atoms with E-state index in [4.69, 9.17) is 26.3 Å². The number of anilines is 2. The third-order valence-corrected chi connectivity index (χ3v) is 5.60. The molecule has 0 amide bonds. The second-order valence-corrected chi connectivity index (χ2v) is 7.42. The molecule has 0 N–H and O–H groups in total. The minimum absolute atomic E-state index is 0.494. The molecule has 0 saturated carbocycles. The van der Waals surface area contributed by atoms with Crippen molar-refractivity contribution in [1.82, 2.24) is 9.97 Å². The first-order chi connectivity index (χ1) is 12.7. The molecule has 0 bridgehead atoms. The summed E-state index contributed by atoms with van der Waals surface area (Å²) in [6, 6.07) is 10.3. The smallest absolute Gasteiger partial charge is 0.132 e. The zero-order chi connectivity index (χ0) is 17.9. The van der Waals surface area contributed by atoms with Gasteiger partial charge in [0.05, 0.1) is 10.7 Å². The molecule has 5 nitrogen and oxygen atoms in total. The summed E-state index contributed by atoms with van der Waals surface area (Å²) in [4.78, 5) is 14.1. The molecular formula is C20H25ClN4O. The van der Waals surface area contributed by atoms with Crippen LogP contribution in [-0.2, 0) is 4.74 Å². The van der Waals surface area contributed by atoms with Crippen LogP contribution in [0, 0.1) is 6.92 Å². The van der Waals surface area contributed by atoms with Gasteiger partial charge in [-0.2, -0.15) is 0 Å². The molecule has 2 aliphatic heterocycles. The Labute approximate surface area is 160 Å². The van der Waals surface area contributed by atoms with E-state index in [1.807, 2.05) is 25.1 Å². The van der Waals surface area contributed by atoms with Gasteiger partial charge in [0.25, 0.3) is 0 Å². The molecule has 0 radical (unpaired) electrons. The van der Waals surface area contributed by atoms with Crippen molar-refractivity contribution in [3.8, 4) is 0 Å². The van der Waals surface area contributed by atoms with Gasteiger partial charge in [0, 0.05) is 57.1 Å². The Bertz CT molecular complexity index is 755. The van der Waals surface area contributed by atoms with Crippen molar-refractivity contribution in [2.45, 2.75) is 25.7 Å². The van der Waals surface area contributed by atoms with Crippen LogP contribution in [0.1, 0.15) is 30.3 Å². The number of rotatable bonds is 3. The van der Waals surface area contributed by atoms with Crippen LogP contribution in [0.3, 0.4) is 0 Å². The highest BCUT2D eigenvalue weighted by Crippen LogP contribution is 2.29. The summed E-state index contributed by atoms with van der Waals surface area (Å²) in [5.74, 6) is 2.41. The lowest BCUT2D eigenvalue weighted by Crippen LogP contribution is -2.47. The highest BCUT2D eigenvalue weighted by Gasteiger charge is 2.23. The Morgan fingerprint density at radius 3 is 2.42 bits per heavy atom. The van der Waals surface area contributed by atoms with Crippen molar-refractivity contribution in [3.63, 3.8) is 0 Å². The van der Waals surface area contributed by atoms with Crippen molar-refractivity contribution in [1.29, 1.82) is 0 Å². The lowest BCUT2D eigenvalue weighted by atomic mass is 9.96. The van der Waals surface area contributed by atoms with Gasteiger partial charge >= 0.3 is 0 Å². The van der Waals surface area contributed by atoms with Gasteiger partial charge < -0.3 is 14.5 Å². The maximum Gasteiger partial charge on any atom is 0.132 e. The standard InChI is InChI=1S/C20H25ClN4O/c1-15-22-18(16-6-12-26-13-7-16)14-20(23-15)25-10-8-24(9-11-25)19-5-3-2-4-17(19)21/h2-5,14,16H,6-13H2,1H3. The van der Waals surface area contributed by atoms with Gasteiger partial charge in [-0.15, -0.1) is 0 Å². The molecular weight excluding hydrogens is 348 g/mol. The first kappa shape index (κ1) is 17.6. The lowest BCUT2D eigenvalue weighted by Gasteiger charge is -2.37. The first-order valence-corrected chi connectivity index (χ1v) is 9.76. The molecule has 2 saturated heterocycles. The summed E-state index contributed by atoms with van der Waals surface area (Å²) >= 11 is 6.35. The van der Waals surface area contributed by atoms with Crippen LogP contribution in [0.25, 0.3) is 0 Å². The van der Waals surface area contributed by atoms with E-state index in [1.165, 1.54) is 5.69 Å². The van der Waals surface area contributed by atoms with Crippen LogP contribution in [0.15, 0.2) is 30.3 Å². The Balaban J connectivity index is 1.47. The van der Waals surface area contributed by atoms with E-state index in [-0.39, 0.29) is 0 Å². The second kappa shape index (κ2) is 7.80. The van der Waals surface area contributed by atoms with Gasteiger partial charge in [0.2, 0.25) is 0 Å². The van der Waals surface area contributed by atoms with Gasteiger partial charge in [0.1, 0.15) is 11.6 Å². The number of aryl methyl sites for hydroxylation is 1. The van der Waals surface area contributed by atoms with Crippen LogP contribution in [0.4, 0.5) is 11.5 Å². The summed E-state index contributed by atoms with van der Waals surface area (Å²) in [5, 5.41) is 0.820. The lowest BCUT2D eigenvalue weighted by molar-refractivity contribution is 0.0844. The average Bonchev–Trinajstić information content (AvgIpc) is 2.69. The number of para-hydroxylation sites is 1. The van der Waals surface area contributed by atoms with E-state index < -0.39 is 0 Å². The number of ether oxygens (including phenoxy) is 1. The molecule has 0 aliphatic carbocycles. The molecule has 2 aromatic rings. The highest BCUT2D eigenvalue weighted by molar-refractivity contribution is 6.33. The number of aromatic nitrogens is 2. The maximum atomic E-state index is 6.35. The fourth-order valence-electron chi connectivity index (χ4n) is 3.82. The predicted molar refractivity (Wildman–Crippen MR) is 105 cm³/mol. The summed E-state index contributed by atoms with van der Waals surface area (Å²) in [6.07, 6.45) is 2.10. The van der Waals surface area contributed by atoms with Crippen molar-refractivity contribution in [2.24, 2.45) is 0 Å². The van der Waals surface area contributed by atoms with Crippen LogP contribution in [0.5, 0.6) is 0 Å². The van der Waals surface area contributed by atoms with E-state index in [9.17, 15) is 0 Å². The number of piperazine rings is 1. The minimum atomic E-state index is 0.494. The van der Waals surface area contributed by atoms with Crippen LogP contribution >= 0.6 is 11.6 Å². The maximum absolute atomic E-state index is 6.35. The van der Waals surface area contributed by atoms with Gasteiger partial charge in [-0.25, -0.2) is 9.97 Å². The fourth-order valence-corrected chi connectivity index (χ4v) is 4.08. The van der Waals surface area contributed by atoms with Crippen molar-refractivity contribution < 1.29 is 4.74 Å². The van der Waals surface area contributed by atoms with Gasteiger partial charge in [-0.3, -0.25) is 0 Å². The van der Waals surface area contributed by atoms with E-state index >= 15 is 0 Å². The SMILES string of the molecule is Cc1nc(C2CCOCC2)cc(N2CCN(c3ccccc3Cl)CC2)n1. The zero-order valence-electron chi connectivity index (χ0n) is 15.2. The Morgan fingerprint density at radius 2 is 1.69 bits per heavy atom. The van der Waals surface area contributed by atoms with Crippen LogP contribution in [0.2, 0.25) is 5.02 Å². The van der Waals surface area contributed by atoms with Gasteiger partial charge in [-0.1, -0.05) is 23.7 Å². The quantitative estimate of drug-likeness (QED) is 0.822. The van der Waals surface area contributed by atoms with Gasteiger partial charge in [-0.05, 0) is 31.9 Å². The number of benzene rings is 1. The highest BCUT2D eigenvalue weighted by atomic mass is 35.5. The molecule has 138 valence electrons. The molecule has 0 unspecified atom stereocenters. The molecule has 2 fully saturated rings. The summed E-state index contributed by atoms with van der Waals surface area (Å²) in [5.41, 5.74) is 2.29. The van der Waals surface area contributed by atoms with Crippen molar-refractivity contribution in [2.75, 3.05) is 49.2 Å². The minimum Gasteiger partial charge on any atom is -0.381 e. The molecule has 6 heteroatoms. The van der Waals surface area contributed by atoms with Crippen LogP contribution in [-0.4, -0.2) is 49.4 Å². The molecule has 2 aliphatic rings. The molecule has 0 spiro atoms. The van der Waals surface area contributed by atoms with E-state index in [0.29, 0.717) is 5.92 Å². The van der Waals surface area contributed by atoms with Crippen molar-refractivity contribution >= 4 is 23.1 Å². The van der Waals surface area contributed by atoms with Gasteiger partial charge in [0.15, 0.2) is 0 Å². The number of hydrogen-bond acceptors (Lipinski definition) is 5. The molecule has 3 heterocycles. The summed E-state index contributed by atoms with van der Waals surface area (Å²) in [6.45, 7) is 7.42. The zero-order valence-corrected chi connectivity index (χ0v) is 16.0. The van der Waals surface area contributed by atoms with Crippen LogP contribution < -0.4 is 9.80 Å². The molecule has 26 heavy (non-hydrogen) atoms. The summed E-state index contributed by atoms with van der Waals surface area (Å²) in [7, 11) is 0. The molecule has 0 atom stereocenters. The number of nitrogens with zero attached hydrogens (tertiary/aromatic N) is 4. The van der Waals surface area contributed by atoms with E-state index in [0.717, 1.165) is 74.6 Å². The monoisotopic (exact) mass is 372 g/mol. The molecule has 1 aromatic carbocycles. The third kappa shape index (κ3) is 3.79. The van der Waals surface area contributed by atoms with Crippen molar-refractivity contribution in [3.05, 3.63) is 46.9 Å². The topological polar surface area (TPSA) is 41.5 Å². The second-order valence-electron chi connectivity index (χ2n) is 7.01. The molecule has 1 aromatic heterocycles. The third-order valence-electron chi connectivity index (χ3n) is 5.28. The normalized spacial score (nSPS) is 19.0.